The fourth-order valence-corrected chi connectivity index (χ4v) is 5.15. The van der Waals surface area contributed by atoms with Crippen LogP contribution in [0.2, 0.25) is 0 Å². The Kier molecular flexibility index (Phi) is 7.97. The summed E-state index contributed by atoms with van der Waals surface area (Å²) in [5, 5.41) is 11.0. The van der Waals surface area contributed by atoms with E-state index in [1.54, 1.807) is 12.3 Å². The van der Waals surface area contributed by atoms with Crippen molar-refractivity contribution in [3.05, 3.63) is 126 Å². The number of hydrogen-bond donors (Lipinski definition) is 1. The van der Waals surface area contributed by atoms with Gasteiger partial charge >= 0.3 is 0 Å². The van der Waals surface area contributed by atoms with Gasteiger partial charge in [0.2, 0.25) is 5.89 Å². The summed E-state index contributed by atoms with van der Waals surface area (Å²) in [6, 6.07) is 35.6. The SMILES string of the molecule is CC(c1ccccc1)c1cccc(O)c1-c1nc2c(-c3[c-]c(-c4ccccn4)cc(C(C)(C)C)c3)cccc2o1.[Pt]. The summed E-state index contributed by atoms with van der Waals surface area (Å²) >= 11 is 0. The van der Waals surface area contributed by atoms with E-state index in [1.165, 1.54) is 5.56 Å². The molecule has 0 fully saturated rings. The first-order chi connectivity index (χ1) is 19.3. The molecule has 6 aromatic rings. The number of fused-ring (bicyclic) bond motifs is 1. The van der Waals surface area contributed by atoms with Crippen molar-refractivity contribution >= 4 is 11.1 Å². The van der Waals surface area contributed by atoms with E-state index in [9.17, 15) is 5.11 Å². The molecular formula is C36H31N2O2Pt-. The molecule has 208 valence electrons. The van der Waals surface area contributed by atoms with E-state index in [0.717, 1.165) is 39.0 Å². The van der Waals surface area contributed by atoms with Crippen LogP contribution in [0.1, 0.15) is 50.3 Å². The summed E-state index contributed by atoms with van der Waals surface area (Å²) in [5.41, 5.74) is 8.87. The van der Waals surface area contributed by atoms with Gasteiger partial charge in [-0.3, -0.25) is 4.98 Å². The Morgan fingerprint density at radius 2 is 1.56 bits per heavy atom. The van der Waals surface area contributed by atoms with E-state index in [1.807, 2.05) is 66.7 Å². The molecule has 0 bridgehead atoms. The van der Waals surface area contributed by atoms with Crippen LogP contribution in [0.3, 0.4) is 0 Å². The van der Waals surface area contributed by atoms with Gasteiger partial charge in [0.25, 0.3) is 0 Å². The fraction of sp³-hybridized carbons (Fsp3) is 0.167. The third-order valence-corrected chi connectivity index (χ3v) is 7.44. The predicted molar refractivity (Wildman–Crippen MR) is 161 cm³/mol. The number of rotatable bonds is 5. The molecule has 5 heteroatoms. The first-order valence-electron chi connectivity index (χ1n) is 13.6. The zero-order valence-corrected chi connectivity index (χ0v) is 25.7. The summed E-state index contributed by atoms with van der Waals surface area (Å²) in [7, 11) is 0. The van der Waals surface area contributed by atoms with Gasteiger partial charge in [0.15, 0.2) is 0 Å². The average molecular weight is 719 g/mol. The molecular weight excluding hydrogens is 687 g/mol. The minimum absolute atomic E-state index is 0. The first-order valence-corrected chi connectivity index (χ1v) is 13.6. The van der Waals surface area contributed by atoms with Crippen LogP contribution >= 0.6 is 0 Å². The van der Waals surface area contributed by atoms with Crippen LogP contribution in [-0.2, 0) is 26.5 Å². The number of pyridine rings is 1. The molecule has 1 N–H and O–H groups in total. The molecule has 0 aliphatic heterocycles. The third-order valence-electron chi connectivity index (χ3n) is 7.44. The van der Waals surface area contributed by atoms with Crippen LogP contribution in [0, 0.1) is 6.07 Å². The average Bonchev–Trinajstić information content (AvgIpc) is 3.41. The smallest absolute Gasteiger partial charge is 0.230 e. The van der Waals surface area contributed by atoms with E-state index in [-0.39, 0.29) is 38.1 Å². The van der Waals surface area contributed by atoms with Crippen molar-refractivity contribution in [2.45, 2.75) is 39.0 Å². The fourth-order valence-electron chi connectivity index (χ4n) is 5.15. The molecule has 0 amide bonds. The zero-order valence-electron chi connectivity index (χ0n) is 23.5. The summed E-state index contributed by atoms with van der Waals surface area (Å²) in [5.74, 6) is 0.581. The van der Waals surface area contributed by atoms with Crippen LogP contribution in [0.4, 0.5) is 0 Å². The summed E-state index contributed by atoms with van der Waals surface area (Å²) in [6.45, 7) is 8.75. The number of aromatic hydroxyl groups is 1. The van der Waals surface area contributed by atoms with Crippen molar-refractivity contribution in [1.29, 1.82) is 0 Å². The summed E-state index contributed by atoms with van der Waals surface area (Å²) < 4.78 is 6.34. The number of hydrogen-bond acceptors (Lipinski definition) is 4. The largest absolute Gasteiger partial charge is 0.507 e. The predicted octanol–water partition coefficient (Wildman–Crippen LogP) is 9.18. The Balaban J connectivity index is 0.00000337. The first kappa shape index (κ1) is 28.5. The summed E-state index contributed by atoms with van der Waals surface area (Å²) in [6.07, 6.45) is 1.80. The molecule has 0 aliphatic carbocycles. The van der Waals surface area contributed by atoms with Crippen molar-refractivity contribution in [1.82, 2.24) is 9.97 Å². The van der Waals surface area contributed by atoms with Crippen molar-refractivity contribution < 1.29 is 30.6 Å². The van der Waals surface area contributed by atoms with Crippen molar-refractivity contribution in [2.75, 3.05) is 0 Å². The molecule has 6 rings (SSSR count). The van der Waals surface area contributed by atoms with Crippen LogP contribution < -0.4 is 0 Å². The van der Waals surface area contributed by atoms with Gasteiger partial charge < -0.3 is 9.52 Å². The van der Waals surface area contributed by atoms with E-state index in [4.69, 9.17) is 9.40 Å². The Bertz CT molecular complexity index is 1810. The van der Waals surface area contributed by atoms with Gasteiger partial charge in [-0.05, 0) is 34.7 Å². The van der Waals surface area contributed by atoms with Gasteiger partial charge in [0, 0.05) is 38.9 Å². The molecule has 41 heavy (non-hydrogen) atoms. The number of nitrogens with zero attached hydrogens (tertiary/aromatic N) is 2. The van der Waals surface area contributed by atoms with Gasteiger partial charge in [-0.2, -0.15) is 0 Å². The van der Waals surface area contributed by atoms with Crippen LogP contribution in [0.5, 0.6) is 5.75 Å². The van der Waals surface area contributed by atoms with Gasteiger partial charge in [-0.15, -0.1) is 29.3 Å². The van der Waals surface area contributed by atoms with Gasteiger partial charge in [-0.25, -0.2) is 4.98 Å². The molecule has 0 radical (unpaired) electrons. The van der Waals surface area contributed by atoms with Crippen molar-refractivity contribution in [3.8, 4) is 39.6 Å². The van der Waals surface area contributed by atoms with Gasteiger partial charge in [-0.1, -0.05) is 106 Å². The monoisotopic (exact) mass is 718 g/mol. The van der Waals surface area contributed by atoms with Gasteiger partial charge in [0.1, 0.15) is 11.3 Å². The maximum atomic E-state index is 11.0. The maximum absolute atomic E-state index is 11.0. The minimum Gasteiger partial charge on any atom is -0.507 e. The van der Waals surface area contributed by atoms with E-state index in [2.05, 4.69) is 63.0 Å². The molecule has 1 atom stereocenters. The van der Waals surface area contributed by atoms with Gasteiger partial charge in [0.05, 0.1) is 11.1 Å². The van der Waals surface area contributed by atoms with E-state index >= 15 is 0 Å². The normalized spacial score (nSPS) is 12.2. The molecule has 0 saturated carbocycles. The van der Waals surface area contributed by atoms with E-state index < -0.39 is 0 Å². The number of para-hydroxylation sites is 1. The molecule has 2 aromatic heterocycles. The molecule has 0 spiro atoms. The Morgan fingerprint density at radius 1 is 0.829 bits per heavy atom. The second kappa shape index (κ2) is 11.5. The van der Waals surface area contributed by atoms with E-state index in [0.29, 0.717) is 17.0 Å². The second-order valence-corrected chi connectivity index (χ2v) is 11.2. The molecule has 4 nitrogen and oxygen atoms in total. The Labute approximate surface area is 255 Å². The number of phenols is 1. The molecule has 2 heterocycles. The third kappa shape index (κ3) is 5.62. The number of oxazole rings is 1. The molecule has 4 aromatic carbocycles. The van der Waals surface area contributed by atoms with Crippen molar-refractivity contribution in [3.63, 3.8) is 0 Å². The van der Waals surface area contributed by atoms with Crippen LogP contribution in [-0.4, -0.2) is 15.1 Å². The molecule has 0 aliphatic rings. The zero-order chi connectivity index (χ0) is 27.9. The standard InChI is InChI=1S/C36H31N2O2.Pt/c1-23(24-12-6-5-7-13-24)28-14-10-17-31(39)33(28)35-38-34-29(15-11-18-32(34)40-35)25-20-26(30-16-8-9-19-37-30)22-27(21-25)36(2,3)4;/h5-19,21-23,39H,1-4H3;/q-1;. The quantitative estimate of drug-likeness (QED) is 0.181. The summed E-state index contributed by atoms with van der Waals surface area (Å²) in [4.78, 5) is 9.57. The minimum atomic E-state index is -0.0748. The Morgan fingerprint density at radius 3 is 2.29 bits per heavy atom. The van der Waals surface area contributed by atoms with Crippen LogP contribution in [0.25, 0.3) is 44.9 Å². The van der Waals surface area contributed by atoms with Crippen molar-refractivity contribution in [2.24, 2.45) is 0 Å². The molecule has 0 saturated heterocycles. The van der Waals surface area contributed by atoms with Crippen LogP contribution in [0.15, 0.2) is 108 Å². The molecule has 1 unspecified atom stereocenters. The topological polar surface area (TPSA) is 59.2 Å². The Hall–Kier alpha value is -4.01. The number of benzene rings is 4. The number of phenolic OH excluding ortho intramolecular Hbond substituents is 1. The number of aromatic nitrogens is 2. The maximum Gasteiger partial charge on any atom is 0.230 e. The second-order valence-electron chi connectivity index (χ2n) is 11.2.